The van der Waals surface area contributed by atoms with Gasteiger partial charge in [0, 0.05) is 0 Å². The molecular weight excluding hydrogens is 358 g/mol. The number of amides is 1. The predicted octanol–water partition coefficient (Wildman–Crippen LogP) is 3.99. The van der Waals surface area contributed by atoms with Gasteiger partial charge in [0.2, 0.25) is 0 Å². The molecule has 1 amide bonds. The highest BCUT2D eigenvalue weighted by Crippen LogP contribution is 2.29. The second kappa shape index (κ2) is 13.5. The second-order valence-electron chi connectivity index (χ2n) is 7.04. The third-order valence-corrected chi connectivity index (χ3v) is 3.99. The smallest absolute Gasteiger partial charge is 0.411 e. The maximum Gasteiger partial charge on any atom is 0.411 e. The molecule has 3 atom stereocenters. The maximum absolute atomic E-state index is 12.4. The highest BCUT2D eigenvalue weighted by atomic mass is 16.6. The van der Waals surface area contributed by atoms with Crippen LogP contribution in [-0.4, -0.2) is 58.2 Å². The number of benzene rings is 1. The van der Waals surface area contributed by atoms with Crippen LogP contribution in [0.25, 0.3) is 0 Å². The van der Waals surface area contributed by atoms with E-state index in [0.717, 1.165) is 5.56 Å². The van der Waals surface area contributed by atoms with Gasteiger partial charge >= 0.3 is 6.09 Å². The summed E-state index contributed by atoms with van der Waals surface area (Å²) in [6.07, 6.45) is -0.417. The van der Waals surface area contributed by atoms with Crippen molar-refractivity contribution in [3.63, 3.8) is 0 Å². The second-order valence-corrected chi connectivity index (χ2v) is 7.04. The zero-order valence-electron chi connectivity index (χ0n) is 18.5. The highest BCUT2D eigenvalue weighted by molar-refractivity contribution is 5.69. The van der Waals surface area contributed by atoms with Crippen molar-refractivity contribution >= 4 is 6.09 Å². The van der Waals surface area contributed by atoms with Gasteiger partial charge in [0.25, 0.3) is 0 Å². The summed E-state index contributed by atoms with van der Waals surface area (Å²) in [5.41, 5.74) is 0.380. The fraction of sp³-hybridized carbons (Fsp3) is 0.682. The standard InChI is InChI=1S/C18H27NO5.2C2H6/c1-18(2,3)24-17(22)19-14(10-20)9-16(15(19)11-21)23-12-13-7-5-4-6-8-13;2*1-2/h4-8,14-16,20-21H,9-12H2,1-3H3;2*1-2H3. The molecule has 6 nitrogen and oxygen atoms in total. The Morgan fingerprint density at radius 1 is 1.07 bits per heavy atom. The van der Waals surface area contributed by atoms with Crippen LogP contribution >= 0.6 is 0 Å². The van der Waals surface area contributed by atoms with Crippen LogP contribution in [0, 0.1) is 0 Å². The minimum absolute atomic E-state index is 0.194. The molecule has 3 unspecified atom stereocenters. The van der Waals surface area contributed by atoms with Crippen LogP contribution in [0.15, 0.2) is 30.3 Å². The van der Waals surface area contributed by atoms with Crippen molar-refractivity contribution in [3.05, 3.63) is 35.9 Å². The number of hydrogen-bond acceptors (Lipinski definition) is 5. The summed E-state index contributed by atoms with van der Waals surface area (Å²) in [5.74, 6) is 0. The average Bonchev–Trinajstić information content (AvgIpc) is 3.07. The molecule has 1 saturated heterocycles. The summed E-state index contributed by atoms with van der Waals surface area (Å²) in [4.78, 5) is 13.9. The zero-order chi connectivity index (χ0) is 21.7. The van der Waals surface area contributed by atoms with Gasteiger partial charge in [-0.2, -0.15) is 0 Å². The molecule has 1 aromatic rings. The topological polar surface area (TPSA) is 79.2 Å². The molecule has 6 heteroatoms. The summed E-state index contributed by atoms with van der Waals surface area (Å²) < 4.78 is 11.3. The van der Waals surface area contributed by atoms with Gasteiger partial charge in [-0.3, -0.25) is 4.90 Å². The van der Waals surface area contributed by atoms with E-state index in [2.05, 4.69) is 0 Å². The number of hydrogen-bond donors (Lipinski definition) is 2. The molecule has 0 aromatic heterocycles. The molecule has 0 bridgehead atoms. The summed E-state index contributed by atoms with van der Waals surface area (Å²) in [6.45, 7) is 13.3. The van der Waals surface area contributed by atoms with Gasteiger partial charge in [-0.15, -0.1) is 0 Å². The Bertz CT molecular complexity index is 529. The number of rotatable bonds is 5. The number of aliphatic hydroxyl groups is 2. The molecule has 1 fully saturated rings. The fourth-order valence-corrected chi connectivity index (χ4v) is 2.91. The Hall–Kier alpha value is -1.63. The number of nitrogens with zero attached hydrogens (tertiary/aromatic N) is 1. The molecule has 0 aliphatic carbocycles. The number of ether oxygens (including phenoxy) is 2. The first kappa shape index (κ1) is 26.4. The van der Waals surface area contributed by atoms with Crippen molar-refractivity contribution in [1.82, 2.24) is 4.90 Å². The Morgan fingerprint density at radius 3 is 2.11 bits per heavy atom. The molecule has 28 heavy (non-hydrogen) atoms. The third kappa shape index (κ3) is 8.17. The summed E-state index contributed by atoms with van der Waals surface area (Å²) in [5, 5.41) is 19.4. The Labute approximate surface area is 170 Å². The lowest BCUT2D eigenvalue weighted by Gasteiger charge is -2.32. The van der Waals surface area contributed by atoms with E-state index in [-0.39, 0.29) is 19.3 Å². The molecule has 0 radical (unpaired) electrons. The van der Waals surface area contributed by atoms with E-state index in [0.29, 0.717) is 13.0 Å². The van der Waals surface area contributed by atoms with Crippen LogP contribution in [-0.2, 0) is 16.1 Å². The molecule has 2 N–H and O–H groups in total. The summed E-state index contributed by atoms with van der Waals surface area (Å²) in [7, 11) is 0. The first-order chi connectivity index (χ1) is 13.4. The van der Waals surface area contributed by atoms with Crippen LogP contribution in [0.1, 0.15) is 60.5 Å². The minimum atomic E-state index is -0.639. The van der Waals surface area contributed by atoms with Gasteiger partial charge in [0.05, 0.1) is 38.0 Å². The van der Waals surface area contributed by atoms with Gasteiger partial charge < -0.3 is 19.7 Å². The molecule has 0 saturated carbocycles. The van der Waals surface area contributed by atoms with E-state index in [4.69, 9.17) is 9.47 Å². The molecule has 1 aliphatic heterocycles. The molecule has 0 spiro atoms. The minimum Gasteiger partial charge on any atom is -0.444 e. The average molecular weight is 398 g/mol. The largest absolute Gasteiger partial charge is 0.444 e. The predicted molar refractivity (Wildman–Crippen MR) is 112 cm³/mol. The third-order valence-electron chi connectivity index (χ3n) is 3.99. The Kier molecular flexibility index (Phi) is 12.7. The molecule has 1 aromatic carbocycles. The van der Waals surface area contributed by atoms with Gasteiger partial charge in [-0.05, 0) is 32.8 Å². The molecular formula is C22H39NO5. The van der Waals surface area contributed by atoms with Crippen molar-refractivity contribution < 1.29 is 24.5 Å². The van der Waals surface area contributed by atoms with E-state index in [9.17, 15) is 15.0 Å². The van der Waals surface area contributed by atoms with Crippen LogP contribution < -0.4 is 0 Å². The first-order valence-electron chi connectivity index (χ1n) is 10.2. The van der Waals surface area contributed by atoms with E-state index in [1.807, 2.05) is 58.0 Å². The van der Waals surface area contributed by atoms with Crippen molar-refractivity contribution in [2.24, 2.45) is 0 Å². The van der Waals surface area contributed by atoms with Gasteiger partial charge in [-0.25, -0.2) is 4.79 Å². The van der Waals surface area contributed by atoms with E-state index < -0.39 is 23.8 Å². The van der Waals surface area contributed by atoms with Crippen molar-refractivity contribution in [1.29, 1.82) is 0 Å². The highest BCUT2D eigenvalue weighted by Gasteiger charge is 2.45. The fourth-order valence-electron chi connectivity index (χ4n) is 2.91. The summed E-state index contributed by atoms with van der Waals surface area (Å²) in [6, 6.07) is 8.76. The van der Waals surface area contributed by atoms with Crippen molar-refractivity contribution in [2.45, 2.75) is 85.3 Å². The number of carbonyl (C=O) groups is 1. The molecule has 162 valence electrons. The maximum atomic E-state index is 12.4. The van der Waals surface area contributed by atoms with Gasteiger partial charge in [-0.1, -0.05) is 58.0 Å². The van der Waals surface area contributed by atoms with Crippen molar-refractivity contribution in [3.8, 4) is 0 Å². The number of aliphatic hydroxyl groups excluding tert-OH is 2. The van der Waals surface area contributed by atoms with Crippen LogP contribution in [0.5, 0.6) is 0 Å². The van der Waals surface area contributed by atoms with Crippen LogP contribution in [0.4, 0.5) is 4.79 Å². The summed E-state index contributed by atoms with van der Waals surface area (Å²) >= 11 is 0. The monoisotopic (exact) mass is 397 g/mol. The lowest BCUT2D eigenvalue weighted by molar-refractivity contribution is -0.0221. The van der Waals surface area contributed by atoms with E-state index in [1.54, 1.807) is 20.8 Å². The number of carbonyl (C=O) groups excluding carboxylic acids is 1. The van der Waals surface area contributed by atoms with E-state index >= 15 is 0 Å². The van der Waals surface area contributed by atoms with Gasteiger partial charge in [0.1, 0.15) is 5.60 Å². The van der Waals surface area contributed by atoms with Gasteiger partial charge in [0.15, 0.2) is 0 Å². The normalized spacial score (nSPS) is 21.2. The van der Waals surface area contributed by atoms with E-state index in [1.165, 1.54) is 4.90 Å². The zero-order valence-corrected chi connectivity index (χ0v) is 18.5. The Balaban J connectivity index is 0.00000171. The molecule has 1 heterocycles. The lowest BCUT2D eigenvalue weighted by atomic mass is 10.1. The first-order valence-corrected chi connectivity index (χ1v) is 10.2. The Morgan fingerprint density at radius 2 is 1.64 bits per heavy atom. The molecule has 1 aliphatic rings. The number of likely N-dealkylation sites (tertiary alicyclic amines) is 1. The van der Waals surface area contributed by atoms with Crippen LogP contribution in [0.3, 0.4) is 0 Å². The van der Waals surface area contributed by atoms with Crippen LogP contribution in [0.2, 0.25) is 0 Å². The lowest BCUT2D eigenvalue weighted by Crippen LogP contribution is -2.48. The quantitative estimate of drug-likeness (QED) is 0.785. The van der Waals surface area contributed by atoms with Crippen molar-refractivity contribution in [2.75, 3.05) is 13.2 Å². The SMILES string of the molecule is CC.CC.CC(C)(C)OC(=O)N1C(CO)CC(OCc2ccccc2)C1CO. The molecule has 2 rings (SSSR count).